The monoisotopic (exact) mass is 368 g/mol. The van der Waals surface area contributed by atoms with Crippen molar-refractivity contribution in [1.29, 1.82) is 0 Å². The van der Waals surface area contributed by atoms with Gasteiger partial charge in [0.25, 0.3) is 0 Å². The highest BCUT2D eigenvalue weighted by Crippen LogP contribution is 2.34. The van der Waals surface area contributed by atoms with Crippen molar-refractivity contribution in [2.75, 3.05) is 30.6 Å². The van der Waals surface area contributed by atoms with Gasteiger partial charge in [0, 0.05) is 30.4 Å². The molecular formula is C21H24N2O4. The third-order valence-electron chi connectivity index (χ3n) is 4.83. The number of nitrogens with zero attached hydrogens (tertiary/aromatic N) is 2. The molecule has 1 unspecified atom stereocenters. The molecule has 1 aliphatic rings. The Morgan fingerprint density at radius 2 is 1.81 bits per heavy atom. The van der Waals surface area contributed by atoms with Gasteiger partial charge >= 0.3 is 0 Å². The molecule has 0 radical (unpaired) electrons. The maximum Gasteiger partial charge on any atom is 0.247 e. The number of carbonyl (C=O) groups is 2. The van der Waals surface area contributed by atoms with Crippen LogP contribution in [0.4, 0.5) is 11.4 Å². The molecule has 0 N–H and O–H groups in total. The van der Waals surface area contributed by atoms with Crippen LogP contribution < -0.4 is 19.3 Å². The number of hydrogen-bond acceptors (Lipinski definition) is 4. The third-order valence-corrected chi connectivity index (χ3v) is 4.83. The molecule has 3 rings (SSSR count). The van der Waals surface area contributed by atoms with Gasteiger partial charge in [-0.3, -0.25) is 9.59 Å². The van der Waals surface area contributed by atoms with Gasteiger partial charge in [0.15, 0.2) is 11.5 Å². The molecule has 2 aromatic carbocycles. The Balaban J connectivity index is 1.87. The molecule has 0 saturated carbocycles. The number of ether oxygens (including phenoxy) is 2. The highest BCUT2D eigenvalue weighted by atomic mass is 16.5. The van der Waals surface area contributed by atoms with E-state index in [0.29, 0.717) is 17.2 Å². The van der Waals surface area contributed by atoms with Crippen LogP contribution in [-0.4, -0.2) is 38.6 Å². The fourth-order valence-electron chi connectivity index (χ4n) is 3.53. The highest BCUT2D eigenvalue weighted by molar-refractivity contribution is 6.04. The van der Waals surface area contributed by atoms with E-state index in [1.165, 1.54) is 18.9 Å². The Bertz CT molecular complexity index is 865. The molecule has 0 fully saturated rings. The molecule has 2 aromatic rings. The van der Waals surface area contributed by atoms with Crippen molar-refractivity contribution in [2.45, 2.75) is 26.3 Å². The predicted octanol–water partition coefficient (Wildman–Crippen LogP) is 3.03. The van der Waals surface area contributed by atoms with Gasteiger partial charge in [0.05, 0.1) is 14.2 Å². The summed E-state index contributed by atoms with van der Waals surface area (Å²) in [4.78, 5) is 28.6. The molecule has 1 aliphatic heterocycles. The number of benzene rings is 2. The summed E-state index contributed by atoms with van der Waals surface area (Å²) in [5, 5.41) is 0. The summed E-state index contributed by atoms with van der Waals surface area (Å²) in [6.07, 6.45) is 0.818. The fourth-order valence-corrected chi connectivity index (χ4v) is 3.53. The molecule has 1 heterocycles. The molecular weight excluding hydrogens is 344 g/mol. The molecule has 6 nitrogen and oxygen atoms in total. The predicted molar refractivity (Wildman–Crippen MR) is 105 cm³/mol. The lowest BCUT2D eigenvalue weighted by Crippen LogP contribution is -2.44. The number of amides is 2. The van der Waals surface area contributed by atoms with Gasteiger partial charge in [0.1, 0.15) is 6.54 Å². The topological polar surface area (TPSA) is 59.1 Å². The molecule has 0 saturated heterocycles. The van der Waals surface area contributed by atoms with E-state index in [-0.39, 0.29) is 24.4 Å². The maximum atomic E-state index is 13.1. The minimum absolute atomic E-state index is 0.0382. The standard InChI is InChI=1S/C21H24N2O4/c1-14-11-16-7-5-6-8-18(16)23(14)21(25)13-22(15(2)24)17-9-10-19(26-3)20(12-17)27-4/h5-10,12,14H,11,13H2,1-4H3. The van der Waals surface area contributed by atoms with Gasteiger partial charge < -0.3 is 19.3 Å². The number of para-hydroxylation sites is 1. The summed E-state index contributed by atoms with van der Waals surface area (Å²) in [6.45, 7) is 3.43. The van der Waals surface area contributed by atoms with Crippen LogP contribution in [0.15, 0.2) is 42.5 Å². The first kappa shape index (κ1) is 18.8. The van der Waals surface area contributed by atoms with E-state index in [0.717, 1.165) is 17.7 Å². The SMILES string of the molecule is COc1ccc(N(CC(=O)N2c3ccccc3CC2C)C(C)=O)cc1OC. The second-order valence-electron chi connectivity index (χ2n) is 6.59. The number of hydrogen-bond donors (Lipinski definition) is 0. The van der Waals surface area contributed by atoms with Gasteiger partial charge in [-0.1, -0.05) is 18.2 Å². The van der Waals surface area contributed by atoms with Crippen LogP contribution in [0.3, 0.4) is 0 Å². The first-order chi connectivity index (χ1) is 13.0. The van der Waals surface area contributed by atoms with Crippen molar-refractivity contribution in [2.24, 2.45) is 0 Å². The van der Waals surface area contributed by atoms with E-state index in [9.17, 15) is 9.59 Å². The van der Waals surface area contributed by atoms with Crippen LogP contribution in [-0.2, 0) is 16.0 Å². The Hall–Kier alpha value is -3.02. The van der Waals surface area contributed by atoms with E-state index in [1.807, 2.05) is 31.2 Å². The zero-order valence-electron chi connectivity index (χ0n) is 16.1. The Labute approximate surface area is 159 Å². The van der Waals surface area contributed by atoms with E-state index >= 15 is 0 Å². The number of carbonyl (C=O) groups excluding carboxylic acids is 2. The Morgan fingerprint density at radius 1 is 1.11 bits per heavy atom. The lowest BCUT2D eigenvalue weighted by Gasteiger charge is -2.27. The Morgan fingerprint density at radius 3 is 2.48 bits per heavy atom. The zero-order chi connectivity index (χ0) is 19.6. The van der Waals surface area contributed by atoms with Crippen molar-refractivity contribution in [1.82, 2.24) is 0 Å². The lowest BCUT2D eigenvalue weighted by atomic mass is 10.1. The molecule has 142 valence electrons. The minimum atomic E-state index is -0.212. The normalized spacial score (nSPS) is 15.3. The van der Waals surface area contributed by atoms with E-state index < -0.39 is 0 Å². The van der Waals surface area contributed by atoms with Crippen LogP contribution >= 0.6 is 0 Å². The van der Waals surface area contributed by atoms with Gasteiger partial charge in [-0.2, -0.15) is 0 Å². The molecule has 0 aliphatic carbocycles. The summed E-state index contributed by atoms with van der Waals surface area (Å²) in [6, 6.07) is 13.1. The Kier molecular flexibility index (Phi) is 5.35. The molecule has 0 aromatic heterocycles. The van der Waals surface area contributed by atoms with Crippen LogP contribution in [0, 0.1) is 0 Å². The van der Waals surface area contributed by atoms with Crippen molar-refractivity contribution in [3.05, 3.63) is 48.0 Å². The van der Waals surface area contributed by atoms with E-state index in [4.69, 9.17) is 9.47 Å². The van der Waals surface area contributed by atoms with E-state index in [1.54, 1.807) is 30.2 Å². The average Bonchev–Trinajstić information content (AvgIpc) is 3.00. The van der Waals surface area contributed by atoms with Crippen molar-refractivity contribution in [3.8, 4) is 11.5 Å². The summed E-state index contributed by atoms with van der Waals surface area (Å²) >= 11 is 0. The summed E-state index contributed by atoms with van der Waals surface area (Å²) < 4.78 is 10.6. The largest absolute Gasteiger partial charge is 0.493 e. The molecule has 27 heavy (non-hydrogen) atoms. The quantitative estimate of drug-likeness (QED) is 0.814. The van der Waals surface area contributed by atoms with E-state index in [2.05, 4.69) is 0 Å². The second-order valence-corrected chi connectivity index (χ2v) is 6.59. The third kappa shape index (κ3) is 3.60. The highest BCUT2D eigenvalue weighted by Gasteiger charge is 2.32. The van der Waals surface area contributed by atoms with Crippen LogP contribution in [0.2, 0.25) is 0 Å². The number of methoxy groups -OCH3 is 2. The van der Waals surface area contributed by atoms with Gasteiger partial charge in [0.2, 0.25) is 11.8 Å². The first-order valence-corrected chi connectivity index (χ1v) is 8.86. The molecule has 2 amide bonds. The zero-order valence-corrected chi connectivity index (χ0v) is 16.1. The minimum Gasteiger partial charge on any atom is -0.493 e. The molecule has 1 atom stereocenters. The van der Waals surface area contributed by atoms with Crippen molar-refractivity contribution in [3.63, 3.8) is 0 Å². The second kappa shape index (κ2) is 7.70. The summed E-state index contributed by atoms with van der Waals surface area (Å²) in [5.74, 6) is 0.750. The summed E-state index contributed by atoms with van der Waals surface area (Å²) in [5.41, 5.74) is 2.67. The maximum absolute atomic E-state index is 13.1. The fraction of sp³-hybridized carbons (Fsp3) is 0.333. The first-order valence-electron chi connectivity index (χ1n) is 8.86. The summed E-state index contributed by atoms with van der Waals surface area (Å²) in [7, 11) is 3.09. The van der Waals surface area contributed by atoms with Gasteiger partial charge in [-0.05, 0) is 37.1 Å². The lowest BCUT2D eigenvalue weighted by molar-refractivity contribution is -0.121. The van der Waals surface area contributed by atoms with Crippen LogP contribution in [0.1, 0.15) is 19.4 Å². The number of fused-ring (bicyclic) bond motifs is 1. The average molecular weight is 368 g/mol. The van der Waals surface area contributed by atoms with Crippen LogP contribution in [0.25, 0.3) is 0 Å². The van der Waals surface area contributed by atoms with Gasteiger partial charge in [-0.15, -0.1) is 0 Å². The molecule has 0 spiro atoms. The number of anilines is 2. The van der Waals surface area contributed by atoms with Gasteiger partial charge in [-0.25, -0.2) is 0 Å². The number of rotatable bonds is 5. The van der Waals surface area contributed by atoms with Crippen molar-refractivity contribution < 1.29 is 19.1 Å². The smallest absolute Gasteiger partial charge is 0.247 e. The molecule has 6 heteroatoms. The van der Waals surface area contributed by atoms with Crippen molar-refractivity contribution >= 4 is 23.2 Å². The van der Waals surface area contributed by atoms with Crippen LogP contribution in [0.5, 0.6) is 11.5 Å². The molecule has 0 bridgehead atoms.